The second-order valence-corrected chi connectivity index (χ2v) is 7.01. The molecule has 0 unspecified atom stereocenters. The third kappa shape index (κ3) is 4.82. The van der Waals surface area contributed by atoms with Gasteiger partial charge in [0.2, 0.25) is 11.8 Å². The molecule has 3 rings (SSSR count). The molecule has 0 aliphatic rings. The van der Waals surface area contributed by atoms with E-state index in [1.807, 2.05) is 67.1 Å². The zero-order valence-electron chi connectivity index (χ0n) is 18.1. The van der Waals surface area contributed by atoms with E-state index in [0.29, 0.717) is 25.3 Å². The Morgan fingerprint density at radius 3 is 2.47 bits per heavy atom. The third-order valence-electron chi connectivity index (χ3n) is 4.95. The van der Waals surface area contributed by atoms with Gasteiger partial charge in [0.05, 0.1) is 18.5 Å². The molecule has 3 aromatic rings. The highest BCUT2D eigenvalue weighted by Crippen LogP contribution is 2.33. The van der Waals surface area contributed by atoms with Crippen LogP contribution in [-0.4, -0.2) is 29.3 Å². The highest BCUT2D eigenvalue weighted by Gasteiger charge is 2.21. The van der Waals surface area contributed by atoms with Crippen LogP contribution in [0.1, 0.15) is 37.1 Å². The van der Waals surface area contributed by atoms with Crippen LogP contribution in [0.2, 0.25) is 0 Å². The maximum Gasteiger partial charge on any atom is 0.226 e. The van der Waals surface area contributed by atoms with Gasteiger partial charge in [0, 0.05) is 18.5 Å². The summed E-state index contributed by atoms with van der Waals surface area (Å²) < 4.78 is 13.5. The van der Waals surface area contributed by atoms with Gasteiger partial charge < -0.3 is 14.8 Å². The van der Waals surface area contributed by atoms with Gasteiger partial charge in [-0.2, -0.15) is 5.10 Å². The van der Waals surface area contributed by atoms with E-state index in [1.165, 1.54) is 0 Å². The van der Waals surface area contributed by atoms with Crippen molar-refractivity contribution in [2.45, 2.75) is 40.0 Å². The van der Waals surface area contributed by atoms with E-state index in [9.17, 15) is 4.79 Å². The zero-order valence-corrected chi connectivity index (χ0v) is 18.1. The molecule has 0 aliphatic carbocycles. The molecule has 0 fully saturated rings. The van der Waals surface area contributed by atoms with E-state index in [-0.39, 0.29) is 5.91 Å². The number of carbonyl (C=O) groups is 1. The van der Waals surface area contributed by atoms with Gasteiger partial charge in [0.15, 0.2) is 0 Å². The predicted molar refractivity (Wildman–Crippen MR) is 118 cm³/mol. The second kappa shape index (κ2) is 9.96. The number of aromatic nitrogens is 2. The molecular weight excluding hydrogens is 378 g/mol. The number of ether oxygens (including phenoxy) is 2. The fourth-order valence-corrected chi connectivity index (χ4v) is 3.32. The molecule has 1 aromatic heterocycles. The number of carbonyl (C=O) groups excluding carboxylic acids is 1. The smallest absolute Gasteiger partial charge is 0.226 e. The number of hydrogen-bond donors (Lipinski definition) is 1. The summed E-state index contributed by atoms with van der Waals surface area (Å²) in [7, 11) is 1.64. The lowest BCUT2D eigenvalue weighted by atomic mass is 10.1. The maximum atomic E-state index is 12.1. The van der Waals surface area contributed by atoms with Crippen molar-refractivity contribution in [2.75, 3.05) is 13.7 Å². The van der Waals surface area contributed by atoms with Crippen LogP contribution < -0.4 is 14.8 Å². The number of methoxy groups -OCH3 is 1. The van der Waals surface area contributed by atoms with Gasteiger partial charge >= 0.3 is 0 Å². The fourth-order valence-electron chi connectivity index (χ4n) is 3.32. The molecule has 2 aromatic carbocycles. The van der Waals surface area contributed by atoms with E-state index in [4.69, 9.17) is 14.6 Å². The molecular formula is C24H29N3O3. The van der Waals surface area contributed by atoms with E-state index in [0.717, 1.165) is 40.4 Å². The van der Waals surface area contributed by atoms with Crippen molar-refractivity contribution in [1.29, 1.82) is 0 Å². The van der Waals surface area contributed by atoms with Crippen molar-refractivity contribution in [3.05, 3.63) is 65.4 Å². The maximum absolute atomic E-state index is 12.1. The number of benzene rings is 2. The number of nitrogens with zero attached hydrogens (tertiary/aromatic N) is 2. The number of hydrogen-bond acceptors (Lipinski definition) is 4. The van der Waals surface area contributed by atoms with Crippen LogP contribution in [0.5, 0.6) is 17.4 Å². The Morgan fingerprint density at radius 2 is 1.83 bits per heavy atom. The van der Waals surface area contributed by atoms with Crippen molar-refractivity contribution in [3.63, 3.8) is 0 Å². The Bertz CT molecular complexity index is 993. The zero-order chi connectivity index (χ0) is 21.5. The molecule has 6 nitrogen and oxygen atoms in total. The Balaban J connectivity index is 2.05. The van der Waals surface area contributed by atoms with Crippen LogP contribution in [0.3, 0.4) is 0 Å². The van der Waals surface area contributed by atoms with E-state index >= 15 is 0 Å². The van der Waals surface area contributed by atoms with Crippen molar-refractivity contribution in [3.8, 4) is 23.1 Å². The van der Waals surface area contributed by atoms with Gasteiger partial charge in [-0.05, 0) is 62.6 Å². The lowest BCUT2D eigenvalue weighted by molar-refractivity contribution is -0.120. The van der Waals surface area contributed by atoms with Gasteiger partial charge in [0.1, 0.15) is 11.5 Å². The molecule has 0 spiro atoms. The van der Waals surface area contributed by atoms with Crippen LogP contribution in [-0.2, 0) is 17.6 Å². The summed E-state index contributed by atoms with van der Waals surface area (Å²) in [6.07, 6.45) is 1.70. The van der Waals surface area contributed by atoms with Crippen LogP contribution in [0.4, 0.5) is 0 Å². The van der Waals surface area contributed by atoms with Crippen LogP contribution >= 0.6 is 0 Å². The summed E-state index contributed by atoms with van der Waals surface area (Å²) in [6, 6.07) is 15.6. The summed E-state index contributed by atoms with van der Waals surface area (Å²) in [5.41, 5.74) is 3.80. The molecule has 0 bridgehead atoms. The number of amides is 1. The predicted octanol–water partition coefficient (Wildman–Crippen LogP) is 4.61. The molecule has 1 amide bonds. The largest absolute Gasteiger partial charge is 0.497 e. The topological polar surface area (TPSA) is 65.4 Å². The van der Waals surface area contributed by atoms with Crippen molar-refractivity contribution in [2.24, 2.45) is 0 Å². The first-order chi connectivity index (χ1) is 14.6. The van der Waals surface area contributed by atoms with Crippen molar-refractivity contribution in [1.82, 2.24) is 15.1 Å². The molecule has 30 heavy (non-hydrogen) atoms. The molecule has 0 atom stereocenters. The highest BCUT2D eigenvalue weighted by atomic mass is 16.5. The second-order valence-electron chi connectivity index (χ2n) is 7.01. The summed E-state index contributed by atoms with van der Waals surface area (Å²) in [4.78, 5) is 12.1. The lowest BCUT2D eigenvalue weighted by Crippen LogP contribution is -2.22. The average Bonchev–Trinajstić information content (AvgIpc) is 3.11. The third-order valence-corrected chi connectivity index (χ3v) is 4.95. The minimum absolute atomic E-state index is 0.0265. The van der Waals surface area contributed by atoms with Gasteiger partial charge in [-0.3, -0.25) is 4.79 Å². The minimum atomic E-state index is 0.0265. The Labute approximate surface area is 177 Å². The van der Waals surface area contributed by atoms with Crippen LogP contribution in [0.15, 0.2) is 48.5 Å². The summed E-state index contributed by atoms with van der Waals surface area (Å²) in [5.74, 6) is 2.22. The number of nitrogens with one attached hydrogen (secondary N) is 1. The molecule has 6 heteroatoms. The van der Waals surface area contributed by atoms with Crippen LogP contribution in [0.25, 0.3) is 5.69 Å². The summed E-state index contributed by atoms with van der Waals surface area (Å²) in [6.45, 7) is 6.62. The molecule has 0 saturated heterocycles. The van der Waals surface area contributed by atoms with E-state index in [1.54, 1.807) is 7.11 Å². The van der Waals surface area contributed by atoms with E-state index in [2.05, 4.69) is 12.2 Å². The monoisotopic (exact) mass is 407 g/mol. The molecule has 0 radical (unpaired) electrons. The number of para-hydroxylation sites is 1. The first-order valence-electron chi connectivity index (χ1n) is 10.3. The van der Waals surface area contributed by atoms with Crippen LogP contribution in [0, 0.1) is 6.92 Å². The van der Waals surface area contributed by atoms with Crippen molar-refractivity contribution < 1.29 is 14.3 Å². The number of aryl methyl sites for hydroxylation is 2. The average molecular weight is 408 g/mol. The van der Waals surface area contributed by atoms with Gasteiger partial charge in [-0.15, -0.1) is 0 Å². The SMILES string of the molecule is CCNC(=O)CCc1c(CC)nn(-c2ccc(OC)cc2)c1Oc1ccccc1C. The first-order valence-corrected chi connectivity index (χ1v) is 10.3. The standard InChI is InChI=1S/C24H29N3O3/c1-5-21-20(15-16-23(28)25-6-2)24(30-22-10-8-7-9-17(22)3)27(26-21)18-11-13-19(29-4)14-12-18/h7-14H,5-6,15-16H2,1-4H3,(H,25,28). The summed E-state index contributed by atoms with van der Waals surface area (Å²) in [5, 5.41) is 7.69. The van der Waals surface area contributed by atoms with Gasteiger partial charge in [-0.25, -0.2) is 4.68 Å². The highest BCUT2D eigenvalue weighted by molar-refractivity contribution is 5.76. The summed E-state index contributed by atoms with van der Waals surface area (Å²) >= 11 is 0. The number of rotatable bonds is 9. The van der Waals surface area contributed by atoms with Gasteiger partial charge in [-0.1, -0.05) is 25.1 Å². The van der Waals surface area contributed by atoms with E-state index < -0.39 is 0 Å². The first kappa shape index (κ1) is 21.4. The molecule has 1 N–H and O–H groups in total. The molecule has 1 heterocycles. The Kier molecular flexibility index (Phi) is 7.12. The molecule has 158 valence electrons. The lowest BCUT2D eigenvalue weighted by Gasteiger charge is -2.13. The molecule has 0 aliphatic heterocycles. The Hall–Kier alpha value is -3.28. The Morgan fingerprint density at radius 1 is 1.10 bits per heavy atom. The quantitative estimate of drug-likeness (QED) is 0.562. The minimum Gasteiger partial charge on any atom is -0.497 e. The fraction of sp³-hybridized carbons (Fsp3) is 0.333. The normalized spacial score (nSPS) is 10.7. The molecule has 0 saturated carbocycles. The van der Waals surface area contributed by atoms with Gasteiger partial charge in [0.25, 0.3) is 0 Å². The van der Waals surface area contributed by atoms with Crippen molar-refractivity contribution >= 4 is 5.91 Å².